The molecule has 7 nitrogen and oxygen atoms in total. The largest absolute Gasteiger partial charge is 0.390 e. The van der Waals surface area contributed by atoms with Gasteiger partial charge in [0.1, 0.15) is 11.5 Å². The first-order chi connectivity index (χ1) is 15.8. The summed E-state index contributed by atoms with van der Waals surface area (Å²) in [5.74, 6) is -2.27. The Morgan fingerprint density at radius 2 is 1.94 bits per heavy atom. The number of anilines is 1. The van der Waals surface area contributed by atoms with Crippen molar-refractivity contribution < 1.29 is 26.0 Å². The number of thioether (sulfide) groups is 1. The van der Waals surface area contributed by atoms with Gasteiger partial charge in [0, 0.05) is 23.2 Å². The second kappa shape index (κ2) is 9.90. The van der Waals surface area contributed by atoms with E-state index < -0.39 is 45.4 Å². The van der Waals surface area contributed by atoms with Crippen molar-refractivity contribution >= 4 is 38.5 Å². The van der Waals surface area contributed by atoms with E-state index in [9.17, 15) is 30.8 Å². The maximum absolute atomic E-state index is 14.7. The molecular weight excluding hydrogens is 496 g/mol. The highest BCUT2D eigenvalue weighted by molar-refractivity contribution is 7.98. The normalized spacial score (nSPS) is 13.3. The summed E-state index contributed by atoms with van der Waals surface area (Å²) in [5, 5.41) is 1.05. The highest BCUT2D eigenvalue weighted by Gasteiger charge is 2.30. The summed E-state index contributed by atoms with van der Waals surface area (Å²) < 4.78 is 78.9. The first kappa shape index (κ1) is 25.9. The van der Waals surface area contributed by atoms with Crippen LogP contribution in [0, 0.1) is 5.82 Å². The maximum Gasteiger partial charge on any atom is 0.390 e. The van der Waals surface area contributed by atoms with Crippen LogP contribution in [0.15, 0.2) is 40.4 Å². The SMILES string of the molecule is CC[C@@H](C)n1c(=O)c(-c2ccc(NS(=O)(=O)CCC(F)(F)F)c(F)c2)cc2cnc(SC)nc21. The lowest BCUT2D eigenvalue weighted by atomic mass is 10.0. The van der Waals surface area contributed by atoms with E-state index in [0.29, 0.717) is 22.6 Å². The van der Waals surface area contributed by atoms with Gasteiger partial charge in [0.05, 0.1) is 17.9 Å². The molecule has 2 aromatic heterocycles. The first-order valence-corrected chi connectivity index (χ1v) is 13.1. The smallest absolute Gasteiger partial charge is 0.289 e. The van der Waals surface area contributed by atoms with Crippen molar-refractivity contribution in [2.75, 3.05) is 16.7 Å². The van der Waals surface area contributed by atoms with Crippen LogP contribution in [0.5, 0.6) is 0 Å². The molecule has 3 rings (SSSR count). The zero-order valence-electron chi connectivity index (χ0n) is 18.5. The third kappa shape index (κ3) is 5.87. The van der Waals surface area contributed by atoms with Crippen LogP contribution < -0.4 is 10.3 Å². The van der Waals surface area contributed by atoms with Crippen LogP contribution in [-0.2, 0) is 10.0 Å². The minimum Gasteiger partial charge on any atom is -0.289 e. The Morgan fingerprint density at radius 1 is 1.24 bits per heavy atom. The summed E-state index contributed by atoms with van der Waals surface area (Å²) >= 11 is 1.33. The van der Waals surface area contributed by atoms with Gasteiger partial charge in [-0.3, -0.25) is 14.1 Å². The van der Waals surface area contributed by atoms with E-state index in [1.165, 1.54) is 28.5 Å². The summed E-state index contributed by atoms with van der Waals surface area (Å²) in [6.45, 7) is 3.76. The number of fused-ring (bicyclic) bond motifs is 1. The van der Waals surface area contributed by atoms with Gasteiger partial charge in [0.15, 0.2) is 5.16 Å². The third-order valence-electron chi connectivity index (χ3n) is 5.17. The standard InChI is InChI=1S/C21H22F4N4O3S2/c1-4-12(2)29-18-14(11-26-20(27-18)33-3)9-15(19(29)30)13-5-6-17(16(22)10-13)28-34(31,32)8-7-21(23,24)25/h5-6,9-12,28H,4,7-8H2,1-3H3/t12-/m1/s1. The van der Waals surface area contributed by atoms with E-state index in [1.54, 1.807) is 6.20 Å². The predicted molar refractivity (Wildman–Crippen MR) is 124 cm³/mol. The molecule has 184 valence electrons. The summed E-state index contributed by atoms with van der Waals surface area (Å²) in [6, 6.07) is 4.67. The highest BCUT2D eigenvalue weighted by Crippen LogP contribution is 2.28. The van der Waals surface area contributed by atoms with Gasteiger partial charge in [-0.2, -0.15) is 13.2 Å². The first-order valence-electron chi connectivity index (χ1n) is 10.2. The number of rotatable bonds is 8. The number of pyridine rings is 1. The van der Waals surface area contributed by atoms with Crippen LogP contribution >= 0.6 is 11.8 Å². The number of aromatic nitrogens is 3. The van der Waals surface area contributed by atoms with E-state index in [4.69, 9.17) is 0 Å². The van der Waals surface area contributed by atoms with Crippen molar-refractivity contribution in [3.05, 3.63) is 46.6 Å². The van der Waals surface area contributed by atoms with Gasteiger partial charge in [-0.25, -0.2) is 22.8 Å². The molecule has 0 aliphatic heterocycles. The average Bonchev–Trinajstić information content (AvgIpc) is 2.77. The molecule has 0 aliphatic rings. The molecule has 0 saturated heterocycles. The van der Waals surface area contributed by atoms with Crippen molar-refractivity contribution in [3.8, 4) is 11.1 Å². The Kier molecular flexibility index (Phi) is 7.56. The molecular formula is C21H22F4N4O3S2. The summed E-state index contributed by atoms with van der Waals surface area (Å²) in [4.78, 5) is 22.0. The van der Waals surface area contributed by atoms with Gasteiger partial charge in [0.25, 0.3) is 5.56 Å². The second-order valence-electron chi connectivity index (χ2n) is 7.61. The molecule has 1 atom stereocenters. The van der Waals surface area contributed by atoms with Gasteiger partial charge in [0.2, 0.25) is 10.0 Å². The molecule has 0 spiro atoms. The molecule has 1 N–H and O–H groups in total. The topological polar surface area (TPSA) is 94.0 Å². The number of halogens is 4. The predicted octanol–water partition coefficient (Wildman–Crippen LogP) is 4.98. The van der Waals surface area contributed by atoms with E-state index in [1.807, 2.05) is 24.8 Å². The van der Waals surface area contributed by atoms with Crippen LogP contribution in [0.4, 0.5) is 23.2 Å². The van der Waals surface area contributed by atoms with Crippen molar-refractivity contribution in [2.24, 2.45) is 0 Å². The van der Waals surface area contributed by atoms with E-state index in [-0.39, 0.29) is 17.2 Å². The maximum atomic E-state index is 14.7. The van der Waals surface area contributed by atoms with Crippen LogP contribution in [0.3, 0.4) is 0 Å². The van der Waals surface area contributed by atoms with Crippen LogP contribution in [0.1, 0.15) is 32.7 Å². The molecule has 0 unspecified atom stereocenters. The Balaban J connectivity index is 2.04. The summed E-state index contributed by atoms with van der Waals surface area (Å²) in [6.07, 6.45) is -2.22. The number of alkyl halides is 3. The zero-order chi connectivity index (χ0) is 25.3. The Labute approximate surface area is 197 Å². The number of nitrogens with zero attached hydrogens (tertiary/aromatic N) is 3. The lowest BCUT2D eigenvalue weighted by Gasteiger charge is -2.18. The van der Waals surface area contributed by atoms with Crippen LogP contribution in [-0.4, -0.2) is 41.1 Å². The molecule has 1 aromatic carbocycles. The number of nitrogens with one attached hydrogen (secondary N) is 1. The second-order valence-corrected chi connectivity index (χ2v) is 10.2. The number of hydrogen-bond donors (Lipinski definition) is 1. The fourth-order valence-corrected chi connectivity index (χ4v) is 4.67. The molecule has 0 saturated carbocycles. The van der Waals surface area contributed by atoms with Crippen molar-refractivity contribution in [1.29, 1.82) is 0 Å². The number of sulfonamides is 1. The van der Waals surface area contributed by atoms with Crippen molar-refractivity contribution in [1.82, 2.24) is 14.5 Å². The van der Waals surface area contributed by atoms with Crippen LogP contribution in [0.25, 0.3) is 22.2 Å². The molecule has 3 aromatic rings. The number of benzene rings is 1. The van der Waals surface area contributed by atoms with E-state index in [2.05, 4.69) is 9.97 Å². The summed E-state index contributed by atoms with van der Waals surface area (Å²) in [7, 11) is -4.43. The minimum absolute atomic E-state index is 0.152. The molecule has 13 heteroatoms. The molecule has 0 radical (unpaired) electrons. The lowest BCUT2D eigenvalue weighted by Crippen LogP contribution is -2.26. The Hall–Kier alpha value is -2.67. The molecule has 0 fully saturated rings. The van der Waals surface area contributed by atoms with Gasteiger partial charge in [-0.1, -0.05) is 24.8 Å². The van der Waals surface area contributed by atoms with Crippen LogP contribution in [0.2, 0.25) is 0 Å². The van der Waals surface area contributed by atoms with Gasteiger partial charge < -0.3 is 0 Å². The zero-order valence-corrected chi connectivity index (χ0v) is 20.1. The van der Waals surface area contributed by atoms with Gasteiger partial charge >= 0.3 is 6.18 Å². The summed E-state index contributed by atoms with van der Waals surface area (Å²) in [5.41, 5.74) is -0.156. The molecule has 0 bridgehead atoms. The monoisotopic (exact) mass is 518 g/mol. The van der Waals surface area contributed by atoms with Gasteiger partial charge in [-0.05, 0) is 43.4 Å². The molecule has 34 heavy (non-hydrogen) atoms. The Morgan fingerprint density at radius 3 is 2.53 bits per heavy atom. The quantitative estimate of drug-likeness (QED) is 0.257. The Bertz CT molecular complexity index is 1370. The van der Waals surface area contributed by atoms with Crippen molar-refractivity contribution in [3.63, 3.8) is 0 Å². The lowest BCUT2D eigenvalue weighted by molar-refractivity contribution is -0.129. The molecule has 0 amide bonds. The average molecular weight is 519 g/mol. The third-order valence-corrected chi connectivity index (χ3v) is 7.00. The fraction of sp³-hybridized carbons (Fsp3) is 0.381. The minimum atomic E-state index is -4.66. The van der Waals surface area contributed by atoms with E-state index >= 15 is 0 Å². The highest BCUT2D eigenvalue weighted by atomic mass is 32.2. The molecule has 2 heterocycles. The van der Waals surface area contributed by atoms with Crippen molar-refractivity contribution in [2.45, 2.75) is 44.1 Å². The number of hydrogen-bond acceptors (Lipinski definition) is 6. The molecule has 0 aliphatic carbocycles. The van der Waals surface area contributed by atoms with Gasteiger partial charge in [-0.15, -0.1) is 0 Å². The fourth-order valence-electron chi connectivity index (χ4n) is 3.24. The van der Waals surface area contributed by atoms with E-state index in [0.717, 1.165) is 12.1 Å².